The van der Waals surface area contributed by atoms with Crippen molar-refractivity contribution in [3.8, 4) is 0 Å². The van der Waals surface area contributed by atoms with Gasteiger partial charge in [-0.1, -0.05) is 60.1 Å². The van der Waals surface area contributed by atoms with Gasteiger partial charge < -0.3 is 14.9 Å². The summed E-state index contributed by atoms with van der Waals surface area (Å²) in [4.78, 5) is 12.8. The monoisotopic (exact) mass is 486 g/mol. The Morgan fingerprint density at radius 1 is 1.00 bits per heavy atom. The Labute approximate surface area is 213 Å². The Bertz CT molecular complexity index is 923. The van der Waals surface area contributed by atoms with Gasteiger partial charge in [0.2, 0.25) is 0 Å². The van der Waals surface area contributed by atoms with Crippen molar-refractivity contribution in [3.63, 3.8) is 0 Å². The Morgan fingerprint density at radius 2 is 1.69 bits per heavy atom. The summed E-state index contributed by atoms with van der Waals surface area (Å²) in [5.41, 5.74) is 0.974. The number of aliphatic hydroxyl groups is 1. The second-order valence-corrected chi connectivity index (χ2v) is 14.9. The fourth-order valence-electron chi connectivity index (χ4n) is 11.2. The highest BCUT2D eigenvalue weighted by Crippen LogP contribution is 2.75. The van der Waals surface area contributed by atoms with Crippen LogP contribution in [-0.4, -0.2) is 35.5 Å². The minimum absolute atomic E-state index is 0.0294. The van der Waals surface area contributed by atoms with Crippen LogP contribution in [-0.2, 0) is 9.53 Å². The zero-order chi connectivity index (χ0) is 25.8. The average Bonchev–Trinajstić information content (AvgIpc) is 2.79. The lowest BCUT2D eigenvalue weighted by Gasteiger charge is -2.71. The molecule has 5 aliphatic carbocycles. The third-order valence-corrected chi connectivity index (χ3v) is 13.6. The van der Waals surface area contributed by atoms with Gasteiger partial charge in [-0.05, 0) is 103 Å². The highest BCUT2D eigenvalue weighted by Gasteiger charge is 2.70. The van der Waals surface area contributed by atoms with E-state index in [0.29, 0.717) is 23.7 Å². The molecule has 0 bridgehead atoms. The van der Waals surface area contributed by atoms with Crippen LogP contribution in [0, 0.1) is 56.7 Å². The number of aliphatic carboxylic acids is 1. The summed E-state index contributed by atoms with van der Waals surface area (Å²) in [6.45, 7) is 16.7. The smallest absolute Gasteiger partial charge is 0.310 e. The Balaban J connectivity index is 1.62. The molecule has 0 aromatic heterocycles. The quantitative estimate of drug-likeness (QED) is 0.426. The fourth-order valence-corrected chi connectivity index (χ4v) is 11.2. The minimum atomic E-state index is -0.584. The highest BCUT2D eigenvalue weighted by atomic mass is 16.5. The van der Waals surface area contributed by atoms with Crippen LogP contribution >= 0.6 is 0 Å². The molecule has 35 heavy (non-hydrogen) atoms. The molecular weight excluding hydrogens is 436 g/mol. The van der Waals surface area contributed by atoms with Crippen molar-refractivity contribution >= 4 is 5.97 Å². The number of methoxy groups -OCH3 is 1. The summed E-state index contributed by atoms with van der Waals surface area (Å²) >= 11 is 0. The SMILES string of the molecule is CO[C@H]1C[C@@]2(C)C(CC[C@]3(C)[C@@H]2CC=C2[C@@H]4[C@@H](C)[C@H](C)CC[C@]4(C(=O)O)CC[C@]23C)C(C)(C)[C@@H]1O. The second kappa shape index (κ2) is 7.82. The second-order valence-electron chi connectivity index (χ2n) is 14.9. The van der Waals surface area contributed by atoms with E-state index in [-0.39, 0.29) is 33.7 Å². The number of rotatable bonds is 2. The van der Waals surface area contributed by atoms with Crippen LogP contribution in [0.2, 0.25) is 0 Å². The number of carboxylic acids is 1. The zero-order valence-electron chi connectivity index (χ0n) is 23.5. The molecule has 0 saturated heterocycles. The molecule has 11 atom stereocenters. The molecule has 4 heteroatoms. The Kier molecular flexibility index (Phi) is 5.76. The van der Waals surface area contributed by atoms with E-state index in [2.05, 4.69) is 54.5 Å². The first-order valence-corrected chi connectivity index (χ1v) is 14.4. The predicted octanol–water partition coefficient (Wildman–Crippen LogP) is 6.71. The molecule has 5 rings (SSSR count). The number of hydrogen-bond acceptors (Lipinski definition) is 3. The summed E-state index contributed by atoms with van der Waals surface area (Å²) in [7, 11) is 1.76. The van der Waals surface area contributed by atoms with Gasteiger partial charge in [0.05, 0.1) is 17.6 Å². The van der Waals surface area contributed by atoms with Crippen LogP contribution in [0.25, 0.3) is 0 Å². The van der Waals surface area contributed by atoms with E-state index in [1.807, 2.05) is 0 Å². The summed E-state index contributed by atoms with van der Waals surface area (Å²) in [6.07, 6.45) is 9.86. The minimum Gasteiger partial charge on any atom is -0.481 e. The topological polar surface area (TPSA) is 66.8 Å². The van der Waals surface area contributed by atoms with Gasteiger partial charge in [-0.3, -0.25) is 4.79 Å². The van der Waals surface area contributed by atoms with Gasteiger partial charge >= 0.3 is 5.97 Å². The number of fused-ring (bicyclic) bond motifs is 7. The molecule has 5 aliphatic rings. The number of hydrogen-bond donors (Lipinski definition) is 2. The van der Waals surface area contributed by atoms with Crippen molar-refractivity contribution in [2.24, 2.45) is 56.7 Å². The largest absolute Gasteiger partial charge is 0.481 e. The first-order valence-electron chi connectivity index (χ1n) is 14.4. The molecule has 0 aromatic carbocycles. The molecule has 0 amide bonds. The number of carbonyl (C=O) groups is 1. The molecule has 0 aromatic rings. The third-order valence-electron chi connectivity index (χ3n) is 13.6. The number of ether oxygens (including phenoxy) is 1. The van der Waals surface area contributed by atoms with Crippen LogP contribution in [0.1, 0.15) is 99.8 Å². The lowest BCUT2D eigenvalue weighted by molar-refractivity contribution is -0.236. The van der Waals surface area contributed by atoms with Crippen molar-refractivity contribution in [2.75, 3.05) is 7.11 Å². The summed E-state index contributed by atoms with van der Waals surface area (Å²) in [6, 6.07) is 0. The van der Waals surface area contributed by atoms with E-state index in [1.54, 1.807) is 7.11 Å². The molecule has 0 aliphatic heterocycles. The molecule has 1 unspecified atom stereocenters. The molecule has 0 spiro atoms. The normalized spacial score (nSPS) is 55.0. The maximum Gasteiger partial charge on any atom is 0.310 e. The molecular formula is C31H50O4. The van der Waals surface area contributed by atoms with Crippen molar-refractivity contribution in [1.82, 2.24) is 0 Å². The van der Waals surface area contributed by atoms with E-state index >= 15 is 0 Å². The van der Waals surface area contributed by atoms with E-state index in [9.17, 15) is 15.0 Å². The Morgan fingerprint density at radius 3 is 2.31 bits per heavy atom. The molecule has 2 N–H and O–H groups in total. The fraction of sp³-hybridized carbons (Fsp3) is 0.903. The first kappa shape index (κ1) is 25.8. The third kappa shape index (κ3) is 3.02. The molecule has 4 saturated carbocycles. The van der Waals surface area contributed by atoms with Gasteiger partial charge in [0.1, 0.15) is 0 Å². The van der Waals surface area contributed by atoms with Crippen LogP contribution in [0.15, 0.2) is 11.6 Å². The standard InChI is InChI=1S/C31H50O4/c1-18-11-14-31(26(33)34)16-15-29(6)20(24(31)19(18)2)9-10-23-28(5)17-21(35-8)25(32)27(3,4)22(28)12-13-30(23,29)7/h9,18-19,21-25,32H,10-17H2,1-8H3,(H,33,34)/t18-,19+,21+,22?,23-,24+,25-,28+,29-,30-,31+/m1/s1. The van der Waals surface area contributed by atoms with Crippen molar-refractivity contribution in [1.29, 1.82) is 0 Å². The summed E-state index contributed by atoms with van der Waals surface area (Å²) in [5.74, 6) is 1.54. The van der Waals surface area contributed by atoms with Crippen molar-refractivity contribution in [2.45, 2.75) is 112 Å². The lowest BCUT2D eigenvalue weighted by atomic mass is 9.33. The maximum absolute atomic E-state index is 12.8. The van der Waals surface area contributed by atoms with Gasteiger partial charge in [0, 0.05) is 7.11 Å². The van der Waals surface area contributed by atoms with Gasteiger partial charge in [-0.15, -0.1) is 0 Å². The van der Waals surface area contributed by atoms with E-state index in [0.717, 1.165) is 51.4 Å². The predicted molar refractivity (Wildman–Crippen MR) is 139 cm³/mol. The lowest BCUT2D eigenvalue weighted by Crippen LogP contribution is -2.67. The summed E-state index contributed by atoms with van der Waals surface area (Å²) in [5, 5.41) is 21.8. The summed E-state index contributed by atoms with van der Waals surface area (Å²) < 4.78 is 5.90. The van der Waals surface area contributed by atoms with E-state index < -0.39 is 17.5 Å². The van der Waals surface area contributed by atoms with Crippen LogP contribution in [0.5, 0.6) is 0 Å². The number of allylic oxidation sites excluding steroid dienone is 2. The van der Waals surface area contributed by atoms with Gasteiger partial charge in [-0.25, -0.2) is 0 Å². The molecule has 4 nitrogen and oxygen atoms in total. The van der Waals surface area contributed by atoms with E-state index in [4.69, 9.17) is 4.74 Å². The van der Waals surface area contributed by atoms with Crippen molar-refractivity contribution in [3.05, 3.63) is 11.6 Å². The number of carboxylic acid groups (broad SMARTS) is 1. The number of aliphatic hydroxyl groups excluding tert-OH is 1. The van der Waals surface area contributed by atoms with Gasteiger partial charge in [0.15, 0.2) is 0 Å². The molecule has 0 heterocycles. The average molecular weight is 487 g/mol. The zero-order valence-corrected chi connectivity index (χ0v) is 23.5. The van der Waals surface area contributed by atoms with Crippen molar-refractivity contribution < 1.29 is 19.7 Å². The maximum atomic E-state index is 12.8. The van der Waals surface area contributed by atoms with Crippen LogP contribution in [0.3, 0.4) is 0 Å². The van der Waals surface area contributed by atoms with Gasteiger partial charge in [-0.2, -0.15) is 0 Å². The van der Waals surface area contributed by atoms with E-state index in [1.165, 1.54) is 5.57 Å². The van der Waals surface area contributed by atoms with Crippen LogP contribution < -0.4 is 0 Å². The molecule has 4 fully saturated rings. The molecule has 198 valence electrons. The van der Waals surface area contributed by atoms with Crippen LogP contribution in [0.4, 0.5) is 0 Å². The highest BCUT2D eigenvalue weighted by molar-refractivity contribution is 5.76. The Hall–Kier alpha value is -0.870. The first-order chi connectivity index (χ1) is 16.2. The molecule has 0 radical (unpaired) electrons. The van der Waals surface area contributed by atoms with Gasteiger partial charge in [0.25, 0.3) is 0 Å².